The number of rotatable bonds is 5. The first-order chi connectivity index (χ1) is 10.3. The Morgan fingerprint density at radius 3 is 3.19 bits per heavy atom. The summed E-state index contributed by atoms with van der Waals surface area (Å²) in [6.45, 7) is 1.38. The van der Waals surface area contributed by atoms with Gasteiger partial charge in [-0.15, -0.1) is 10.2 Å². The molecule has 0 spiro atoms. The molecule has 0 unspecified atom stereocenters. The Labute approximate surface area is 127 Å². The standard InChI is InChI=1S/C14H18N4O2S/c19-13(15-9-11-5-4-8-20-11)10-21-14-17-16-12-6-2-1-3-7-18(12)14/h4-5,8H,1-3,6-7,9-10H2,(H,15,19). The van der Waals surface area contributed by atoms with Crippen LogP contribution in [0.3, 0.4) is 0 Å². The minimum Gasteiger partial charge on any atom is -0.467 e. The minimum atomic E-state index is -0.0256. The van der Waals surface area contributed by atoms with Gasteiger partial charge in [-0.05, 0) is 25.0 Å². The van der Waals surface area contributed by atoms with E-state index in [0.717, 1.165) is 36.1 Å². The molecule has 1 aliphatic heterocycles. The smallest absolute Gasteiger partial charge is 0.230 e. The van der Waals surface area contributed by atoms with Gasteiger partial charge in [-0.25, -0.2) is 0 Å². The number of hydrogen-bond donors (Lipinski definition) is 1. The van der Waals surface area contributed by atoms with Gasteiger partial charge in [0.05, 0.1) is 18.6 Å². The van der Waals surface area contributed by atoms with E-state index in [2.05, 4.69) is 20.1 Å². The fourth-order valence-corrected chi connectivity index (χ4v) is 3.16. The van der Waals surface area contributed by atoms with Gasteiger partial charge in [-0.2, -0.15) is 0 Å². The van der Waals surface area contributed by atoms with Crippen molar-refractivity contribution in [3.63, 3.8) is 0 Å². The van der Waals surface area contributed by atoms with Crippen molar-refractivity contribution in [2.45, 2.75) is 43.9 Å². The third kappa shape index (κ3) is 3.66. The maximum atomic E-state index is 11.8. The van der Waals surface area contributed by atoms with E-state index in [9.17, 15) is 4.79 Å². The molecular weight excluding hydrogens is 288 g/mol. The van der Waals surface area contributed by atoms with Crippen LogP contribution in [0.4, 0.5) is 0 Å². The fourth-order valence-electron chi connectivity index (χ4n) is 2.35. The second-order valence-electron chi connectivity index (χ2n) is 5.01. The van der Waals surface area contributed by atoms with Crippen molar-refractivity contribution >= 4 is 17.7 Å². The topological polar surface area (TPSA) is 73.0 Å². The van der Waals surface area contributed by atoms with Crippen LogP contribution in [-0.2, 0) is 24.3 Å². The Balaban J connectivity index is 1.50. The summed E-state index contributed by atoms with van der Waals surface area (Å²) in [4.78, 5) is 11.8. The van der Waals surface area contributed by atoms with E-state index in [-0.39, 0.29) is 5.91 Å². The lowest BCUT2D eigenvalue weighted by molar-refractivity contribution is -0.118. The van der Waals surface area contributed by atoms with Crippen LogP contribution in [0.2, 0.25) is 0 Å². The van der Waals surface area contributed by atoms with E-state index < -0.39 is 0 Å². The highest BCUT2D eigenvalue weighted by atomic mass is 32.2. The first kappa shape index (κ1) is 14.2. The van der Waals surface area contributed by atoms with Crippen molar-refractivity contribution in [1.82, 2.24) is 20.1 Å². The van der Waals surface area contributed by atoms with Crippen LogP contribution >= 0.6 is 11.8 Å². The molecule has 3 heterocycles. The Hall–Kier alpha value is -1.76. The molecule has 2 aromatic rings. The van der Waals surface area contributed by atoms with Crippen molar-refractivity contribution in [3.8, 4) is 0 Å². The number of fused-ring (bicyclic) bond motifs is 1. The monoisotopic (exact) mass is 306 g/mol. The van der Waals surface area contributed by atoms with Crippen molar-refractivity contribution in [3.05, 3.63) is 30.0 Å². The average Bonchev–Trinajstić information content (AvgIpc) is 3.08. The molecule has 0 fully saturated rings. The zero-order valence-electron chi connectivity index (χ0n) is 11.7. The molecule has 21 heavy (non-hydrogen) atoms. The summed E-state index contributed by atoms with van der Waals surface area (Å²) >= 11 is 1.44. The lowest BCUT2D eigenvalue weighted by atomic mass is 10.2. The van der Waals surface area contributed by atoms with Gasteiger partial charge in [0.15, 0.2) is 5.16 Å². The van der Waals surface area contributed by atoms with Crippen LogP contribution in [0.15, 0.2) is 28.0 Å². The molecule has 0 aliphatic carbocycles. The number of furan rings is 1. The van der Waals surface area contributed by atoms with Gasteiger partial charge in [0.1, 0.15) is 11.6 Å². The van der Waals surface area contributed by atoms with Crippen LogP contribution in [0.5, 0.6) is 0 Å². The van der Waals surface area contributed by atoms with E-state index in [1.165, 1.54) is 24.6 Å². The van der Waals surface area contributed by atoms with Crippen LogP contribution in [0.1, 0.15) is 30.8 Å². The van der Waals surface area contributed by atoms with E-state index in [4.69, 9.17) is 4.42 Å². The lowest BCUT2D eigenvalue weighted by Gasteiger charge is -2.06. The molecule has 0 radical (unpaired) electrons. The van der Waals surface area contributed by atoms with Gasteiger partial charge < -0.3 is 14.3 Å². The van der Waals surface area contributed by atoms with E-state index in [0.29, 0.717) is 12.3 Å². The van der Waals surface area contributed by atoms with E-state index in [1.807, 2.05) is 12.1 Å². The van der Waals surface area contributed by atoms with Crippen molar-refractivity contribution in [2.75, 3.05) is 5.75 Å². The second kappa shape index (κ2) is 6.80. The van der Waals surface area contributed by atoms with Gasteiger partial charge in [0.25, 0.3) is 0 Å². The first-order valence-electron chi connectivity index (χ1n) is 7.17. The highest BCUT2D eigenvalue weighted by Gasteiger charge is 2.16. The number of nitrogens with zero attached hydrogens (tertiary/aromatic N) is 3. The Morgan fingerprint density at radius 1 is 1.38 bits per heavy atom. The van der Waals surface area contributed by atoms with Gasteiger partial charge in [0, 0.05) is 13.0 Å². The molecule has 0 bridgehead atoms. The predicted molar refractivity (Wildman–Crippen MR) is 78.9 cm³/mol. The van der Waals surface area contributed by atoms with Gasteiger partial charge in [-0.3, -0.25) is 4.79 Å². The normalized spacial score (nSPS) is 14.5. The fraction of sp³-hybridized carbons (Fsp3) is 0.500. The van der Waals surface area contributed by atoms with Gasteiger partial charge in [-0.1, -0.05) is 18.2 Å². The third-order valence-electron chi connectivity index (χ3n) is 3.45. The Morgan fingerprint density at radius 2 is 2.33 bits per heavy atom. The van der Waals surface area contributed by atoms with Crippen LogP contribution in [0, 0.1) is 0 Å². The van der Waals surface area contributed by atoms with Crippen LogP contribution < -0.4 is 5.32 Å². The van der Waals surface area contributed by atoms with Crippen molar-refractivity contribution < 1.29 is 9.21 Å². The Bertz CT molecular complexity index is 594. The molecule has 0 aromatic carbocycles. The summed E-state index contributed by atoms with van der Waals surface area (Å²) in [6.07, 6.45) is 6.15. The minimum absolute atomic E-state index is 0.0256. The number of nitrogens with one attached hydrogen (secondary N) is 1. The quantitative estimate of drug-likeness (QED) is 0.855. The lowest BCUT2D eigenvalue weighted by Crippen LogP contribution is -2.24. The van der Waals surface area contributed by atoms with Crippen LogP contribution in [0.25, 0.3) is 0 Å². The SMILES string of the molecule is O=C(CSc1nnc2n1CCCCC2)NCc1ccco1. The maximum Gasteiger partial charge on any atom is 0.230 e. The zero-order valence-corrected chi connectivity index (χ0v) is 12.6. The van der Waals surface area contributed by atoms with Gasteiger partial charge in [0.2, 0.25) is 5.91 Å². The summed E-state index contributed by atoms with van der Waals surface area (Å²) < 4.78 is 7.32. The van der Waals surface area contributed by atoms with Crippen molar-refractivity contribution in [2.24, 2.45) is 0 Å². The molecule has 1 aliphatic rings. The number of amides is 1. The van der Waals surface area contributed by atoms with E-state index in [1.54, 1.807) is 6.26 Å². The van der Waals surface area contributed by atoms with E-state index >= 15 is 0 Å². The summed E-state index contributed by atoms with van der Waals surface area (Å²) in [5.74, 6) is 2.12. The third-order valence-corrected chi connectivity index (χ3v) is 4.41. The molecule has 2 aromatic heterocycles. The Kier molecular flexibility index (Phi) is 4.59. The number of aromatic nitrogens is 3. The maximum absolute atomic E-state index is 11.8. The number of carbonyl (C=O) groups excluding carboxylic acids is 1. The molecular formula is C14H18N4O2S. The summed E-state index contributed by atoms with van der Waals surface area (Å²) in [6, 6.07) is 3.65. The molecule has 7 heteroatoms. The summed E-state index contributed by atoms with van der Waals surface area (Å²) in [7, 11) is 0. The summed E-state index contributed by atoms with van der Waals surface area (Å²) in [5.41, 5.74) is 0. The molecule has 0 saturated heterocycles. The number of thioether (sulfide) groups is 1. The highest BCUT2D eigenvalue weighted by Crippen LogP contribution is 2.21. The zero-order chi connectivity index (χ0) is 14.5. The number of carbonyl (C=O) groups is 1. The largest absolute Gasteiger partial charge is 0.467 e. The molecule has 1 N–H and O–H groups in total. The number of aryl methyl sites for hydroxylation is 1. The molecule has 1 amide bonds. The van der Waals surface area contributed by atoms with Gasteiger partial charge >= 0.3 is 0 Å². The van der Waals surface area contributed by atoms with Crippen molar-refractivity contribution in [1.29, 1.82) is 0 Å². The molecule has 0 atom stereocenters. The molecule has 112 valence electrons. The molecule has 6 nitrogen and oxygen atoms in total. The highest BCUT2D eigenvalue weighted by molar-refractivity contribution is 7.99. The van der Waals surface area contributed by atoms with Crippen LogP contribution in [-0.4, -0.2) is 26.4 Å². The molecule has 0 saturated carbocycles. The summed E-state index contributed by atoms with van der Waals surface area (Å²) in [5, 5.41) is 12.1. The number of hydrogen-bond acceptors (Lipinski definition) is 5. The predicted octanol–water partition coefficient (Wildman–Crippen LogP) is 2.01. The second-order valence-corrected chi connectivity index (χ2v) is 5.95. The first-order valence-corrected chi connectivity index (χ1v) is 8.15. The average molecular weight is 306 g/mol. The molecule has 3 rings (SSSR count).